The van der Waals surface area contributed by atoms with Gasteiger partial charge in [-0.25, -0.2) is 0 Å². The van der Waals surface area contributed by atoms with Crippen molar-refractivity contribution in [1.82, 2.24) is 10.2 Å². The van der Waals surface area contributed by atoms with E-state index in [2.05, 4.69) is 10.2 Å². The second-order valence-corrected chi connectivity index (χ2v) is 5.56. The average molecular weight is 291 g/mol. The van der Waals surface area contributed by atoms with Gasteiger partial charge in [-0.1, -0.05) is 43.8 Å². The molecule has 0 atom stereocenters. The third-order valence-corrected chi connectivity index (χ3v) is 3.56. The minimum Gasteiger partial charge on any atom is -0.416 e. The van der Waals surface area contributed by atoms with Gasteiger partial charge in [0.2, 0.25) is 11.8 Å². The number of benzene rings is 1. The highest BCUT2D eigenvalue weighted by atomic mass is 32.2. The summed E-state index contributed by atoms with van der Waals surface area (Å²) in [5, 5.41) is 8.29. The molecule has 0 bridgehead atoms. The molecule has 0 saturated heterocycles. The fraction of sp³-hybridized carbons (Fsp3) is 0.357. The highest BCUT2D eigenvalue weighted by Crippen LogP contribution is 2.21. The molecule has 0 saturated carbocycles. The van der Waals surface area contributed by atoms with E-state index < -0.39 is 0 Å². The first-order chi connectivity index (χ1) is 9.58. The van der Waals surface area contributed by atoms with Gasteiger partial charge >= 0.3 is 0 Å². The predicted octanol–water partition coefficient (Wildman–Crippen LogP) is 2.95. The van der Waals surface area contributed by atoms with E-state index in [1.54, 1.807) is 11.9 Å². The summed E-state index contributed by atoms with van der Waals surface area (Å²) in [5.41, 5.74) is 0.867. The third-order valence-electron chi connectivity index (χ3n) is 2.75. The SMILES string of the molecule is CC(C)c1nnc(SCC(=O)N(C)c2ccccc2)o1. The number of nitrogens with zero attached hydrogens (tertiary/aromatic N) is 3. The standard InChI is InChI=1S/C14H17N3O2S/c1-10(2)13-15-16-14(19-13)20-9-12(18)17(3)11-7-5-4-6-8-11/h4-8,10H,9H2,1-3H3. The number of carbonyl (C=O) groups is 1. The Kier molecular flexibility index (Phi) is 4.79. The number of thioether (sulfide) groups is 1. The van der Waals surface area contributed by atoms with Crippen LogP contribution in [-0.2, 0) is 4.79 Å². The number of para-hydroxylation sites is 1. The summed E-state index contributed by atoms with van der Waals surface area (Å²) in [6.45, 7) is 3.96. The van der Waals surface area contributed by atoms with Gasteiger partial charge in [-0.2, -0.15) is 0 Å². The maximum atomic E-state index is 12.1. The molecule has 0 aliphatic rings. The number of hydrogen-bond donors (Lipinski definition) is 0. The molecule has 0 N–H and O–H groups in total. The molecule has 1 amide bonds. The topological polar surface area (TPSA) is 59.2 Å². The molecule has 1 heterocycles. The molecule has 0 radical (unpaired) electrons. The van der Waals surface area contributed by atoms with Crippen molar-refractivity contribution in [2.24, 2.45) is 0 Å². The second-order valence-electron chi connectivity index (χ2n) is 4.64. The highest BCUT2D eigenvalue weighted by molar-refractivity contribution is 7.99. The van der Waals surface area contributed by atoms with Crippen molar-refractivity contribution in [3.8, 4) is 0 Å². The first-order valence-electron chi connectivity index (χ1n) is 6.35. The zero-order chi connectivity index (χ0) is 14.5. The van der Waals surface area contributed by atoms with Crippen LogP contribution in [0.4, 0.5) is 5.69 Å². The summed E-state index contributed by atoms with van der Waals surface area (Å²) in [6.07, 6.45) is 0. The quantitative estimate of drug-likeness (QED) is 0.793. The van der Waals surface area contributed by atoms with Crippen LogP contribution < -0.4 is 4.90 Å². The van der Waals surface area contributed by atoms with E-state index in [1.165, 1.54) is 11.8 Å². The van der Waals surface area contributed by atoms with E-state index in [-0.39, 0.29) is 17.6 Å². The van der Waals surface area contributed by atoms with E-state index in [9.17, 15) is 4.79 Å². The lowest BCUT2D eigenvalue weighted by molar-refractivity contribution is -0.115. The highest BCUT2D eigenvalue weighted by Gasteiger charge is 2.14. The Morgan fingerprint density at radius 1 is 1.30 bits per heavy atom. The third kappa shape index (κ3) is 3.60. The molecule has 2 aromatic rings. The van der Waals surface area contributed by atoms with Gasteiger partial charge < -0.3 is 9.32 Å². The van der Waals surface area contributed by atoms with Crippen molar-refractivity contribution in [3.63, 3.8) is 0 Å². The van der Waals surface area contributed by atoms with Crippen LogP contribution >= 0.6 is 11.8 Å². The summed E-state index contributed by atoms with van der Waals surface area (Å²) in [5.74, 6) is 1.05. The molecular weight excluding hydrogens is 274 g/mol. The molecule has 2 rings (SSSR count). The smallest absolute Gasteiger partial charge is 0.277 e. The summed E-state index contributed by atoms with van der Waals surface area (Å²) in [6, 6.07) is 9.51. The Hall–Kier alpha value is -1.82. The Balaban J connectivity index is 1.91. The number of anilines is 1. The van der Waals surface area contributed by atoms with Crippen LogP contribution in [0.15, 0.2) is 40.0 Å². The number of aromatic nitrogens is 2. The molecule has 0 aliphatic heterocycles. The molecule has 5 nitrogen and oxygen atoms in total. The maximum Gasteiger partial charge on any atom is 0.277 e. The van der Waals surface area contributed by atoms with Crippen LogP contribution in [0.2, 0.25) is 0 Å². The Morgan fingerprint density at radius 2 is 2.00 bits per heavy atom. The number of hydrogen-bond acceptors (Lipinski definition) is 5. The minimum atomic E-state index is -0.00880. The van der Waals surface area contributed by atoms with Crippen molar-refractivity contribution >= 4 is 23.4 Å². The Morgan fingerprint density at radius 3 is 2.60 bits per heavy atom. The second kappa shape index (κ2) is 6.56. The van der Waals surface area contributed by atoms with E-state index in [4.69, 9.17) is 4.42 Å². The lowest BCUT2D eigenvalue weighted by atomic mass is 10.2. The Bertz CT molecular complexity index is 569. The lowest BCUT2D eigenvalue weighted by Gasteiger charge is -2.16. The van der Waals surface area contributed by atoms with Crippen molar-refractivity contribution in [1.29, 1.82) is 0 Å². The zero-order valence-corrected chi connectivity index (χ0v) is 12.6. The van der Waals surface area contributed by atoms with Gasteiger partial charge in [0.1, 0.15) is 0 Å². The van der Waals surface area contributed by atoms with E-state index >= 15 is 0 Å². The van der Waals surface area contributed by atoms with Crippen LogP contribution in [0, 0.1) is 0 Å². The largest absolute Gasteiger partial charge is 0.416 e. The Labute approximate surface area is 122 Å². The van der Waals surface area contributed by atoms with Crippen LogP contribution in [0.25, 0.3) is 0 Å². The van der Waals surface area contributed by atoms with Crippen LogP contribution in [0.3, 0.4) is 0 Å². The summed E-state index contributed by atoms with van der Waals surface area (Å²) < 4.78 is 5.45. The number of amides is 1. The van der Waals surface area contributed by atoms with Crippen LogP contribution in [0.1, 0.15) is 25.7 Å². The first kappa shape index (κ1) is 14.6. The molecule has 0 unspecified atom stereocenters. The van der Waals surface area contributed by atoms with Crippen molar-refractivity contribution in [2.75, 3.05) is 17.7 Å². The van der Waals surface area contributed by atoms with E-state index in [1.807, 2.05) is 44.2 Å². The van der Waals surface area contributed by atoms with Gasteiger partial charge in [-0.05, 0) is 12.1 Å². The molecule has 106 valence electrons. The van der Waals surface area contributed by atoms with Crippen molar-refractivity contribution < 1.29 is 9.21 Å². The van der Waals surface area contributed by atoms with Gasteiger partial charge in [0.15, 0.2) is 0 Å². The van der Waals surface area contributed by atoms with E-state index in [0.29, 0.717) is 11.1 Å². The first-order valence-corrected chi connectivity index (χ1v) is 7.34. The number of rotatable bonds is 5. The fourth-order valence-corrected chi connectivity index (χ4v) is 2.21. The van der Waals surface area contributed by atoms with Crippen molar-refractivity contribution in [3.05, 3.63) is 36.2 Å². The minimum absolute atomic E-state index is 0.00880. The van der Waals surface area contributed by atoms with Gasteiger partial charge in [0, 0.05) is 18.7 Å². The molecule has 20 heavy (non-hydrogen) atoms. The predicted molar refractivity (Wildman–Crippen MR) is 79.0 cm³/mol. The zero-order valence-electron chi connectivity index (χ0n) is 11.7. The molecule has 0 spiro atoms. The molecule has 1 aromatic carbocycles. The molecule has 1 aromatic heterocycles. The van der Waals surface area contributed by atoms with Crippen LogP contribution in [0.5, 0.6) is 0 Å². The summed E-state index contributed by atoms with van der Waals surface area (Å²) >= 11 is 1.26. The molecule has 0 aliphatic carbocycles. The summed E-state index contributed by atoms with van der Waals surface area (Å²) in [7, 11) is 1.76. The lowest BCUT2D eigenvalue weighted by Crippen LogP contribution is -2.27. The fourth-order valence-electron chi connectivity index (χ4n) is 1.53. The molecule has 0 fully saturated rings. The maximum absolute atomic E-state index is 12.1. The number of carbonyl (C=O) groups excluding carboxylic acids is 1. The van der Waals surface area contributed by atoms with Crippen molar-refractivity contribution in [2.45, 2.75) is 25.0 Å². The van der Waals surface area contributed by atoms with Gasteiger partial charge in [-0.15, -0.1) is 10.2 Å². The molecule has 6 heteroatoms. The van der Waals surface area contributed by atoms with Gasteiger partial charge in [0.25, 0.3) is 5.22 Å². The monoisotopic (exact) mass is 291 g/mol. The average Bonchev–Trinajstić information content (AvgIpc) is 2.94. The van der Waals surface area contributed by atoms with E-state index in [0.717, 1.165) is 5.69 Å². The molecular formula is C14H17N3O2S. The normalized spacial score (nSPS) is 10.8. The van der Waals surface area contributed by atoms with Gasteiger partial charge in [-0.3, -0.25) is 4.79 Å². The van der Waals surface area contributed by atoms with Gasteiger partial charge in [0.05, 0.1) is 5.75 Å². The van der Waals surface area contributed by atoms with Crippen LogP contribution in [-0.4, -0.2) is 28.9 Å². The summed E-state index contributed by atoms with van der Waals surface area (Å²) in [4.78, 5) is 13.7.